The van der Waals surface area contributed by atoms with Crippen molar-refractivity contribution in [3.63, 3.8) is 0 Å². The quantitative estimate of drug-likeness (QED) is 0.313. The summed E-state index contributed by atoms with van der Waals surface area (Å²) in [5.41, 5.74) is 24.1. The standard InChI is InChI=1S/C26H32N2.Pd/c1-8-9-10-22-15-25(23-11-16(2)20(6)17(3)12-23)28(27)26(22)24-13-18(4)21(7)19(5)14-24;/h11-15H,8-10H2,1-7H3;. The van der Waals surface area contributed by atoms with Crippen LogP contribution in [0.2, 0.25) is 0 Å². The van der Waals surface area contributed by atoms with Crippen LogP contribution in [0.1, 0.15) is 70.7 Å². The van der Waals surface area contributed by atoms with Crippen molar-refractivity contribution >= 4 is 11.4 Å². The summed E-state index contributed by atoms with van der Waals surface area (Å²) in [5.74, 6) is 0. The van der Waals surface area contributed by atoms with Crippen LogP contribution >= 0.6 is 0 Å². The molecule has 0 unspecified atom stereocenters. The van der Waals surface area contributed by atoms with Gasteiger partial charge in [-0.1, -0.05) is 13.3 Å². The van der Waals surface area contributed by atoms with Gasteiger partial charge in [-0.15, -0.1) is 0 Å². The maximum Gasteiger partial charge on any atom is 0.210 e. The third-order valence-electron chi connectivity index (χ3n) is 6.28. The first-order chi connectivity index (χ1) is 13.2. The first kappa shape index (κ1) is 23.5. The van der Waals surface area contributed by atoms with Crippen molar-refractivity contribution in [1.29, 1.82) is 0 Å². The van der Waals surface area contributed by atoms with E-state index in [0.717, 1.165) is 41.8 Å². The maximum atomic E-state index is 11.2. The first-order valence-corrected chi connectivity index (χ1v) is 10.3. The van der Waals surface area contributed by atoms with Crippen LogP contribution in [-0.4, -0.2) is 4.70 Å². The van der Waals surface area contributed by atoms with Crippen LogP contribution in [0, 0.1) is 41.5 Å². The molecule has 0 aromatic heterocycles. The minimum absolute atomic E-state index is 0. The van der Waals surface area contributed by atoms with Gasteiger partial charge in [-0.3, -0.25) is 0 Å². The number of nitrogens with zero attached hydrogens (tertiary/aromatic N) is 2. The predicted molar refractivity (Wildman–Crippen MR) is 119 cm³/mol. The van der Waals surface area contributed by atoms with Crippen LogP contribution in [0.5, 0.6) is 0 Å². The number of unbranched alkanes of at least 4 members (excludes halogenated alkanes) is 1. The first-order valence-electron chi connectivity index (χ1n) is 10.3. The normalized spacial score (nSPS) is 13.6. The van der Waals surface area contributed by atoms with Crippen LogP contribution in [0.4, 0.5) is 0 Å². The molecule has 0 aliphatic carbocycles. The van der Waals surface area contributed by atoms with Gasteiger partial charge >= 0.3 is 0 Å². The Balaban J connectivity index is 0.00000300. The average Bonchev–Trinajstić information content (AvgIpc) is 2.98. The van der Waals surface area contributed by atoms with Gasteiger partial charge in [-0.25, -0.2) is 4.70 Å². The number of allylic oxidation sites excluding steroid dienone is 2. The van der Waals surface area contributed by atoms with E-state index in [1.807, 2.05) is 0 Å². The van der Waals surface area contributed by atoms with E-state index >= 15 is 0 Å². The molecular formula is C26H32N2Pd. The molecule has 1 heterocycles. The monoisotopic (exact) mass is 478 g/mol. The Morgan fingerprint density at radius 2 is 1.21 bits per heavy atom. The molecule has 3 rings (SSSR count). The van der Waals surface area contributed by atoms with Gasteiger partial charge in [0.25, 0.3) is 0 Å². The van der Waals surface area contributed by atoms with Crippen molar-refractivity contribution in [2.45, 2.75) is 67.7 Å². The van der Waals surface area contributed by atoms with Gasteiger partial charge in [0.2, 0.25) is 11.4 Å². The molecule has 2 aromatic rings. The van der Waals surface area contributed by atoms with E-state index in [9.17, 15) is 5.53 Å². The molecule has 0 bridgehead atoms. The van der Waals surface area contributed by atoms with E-state index in [2.05, 4.69) is 78.8 Å². The Hall–Kier alpha value is -1.82. The minimum Gasteiger partial charge on any atom is -0.493 e. The molecule has 1 aliphatic heterocycles. The van der Waals surface area contributed by atoms with Crippen molar-refractivity contribution in [1.82, 2.24) is 0 Å². The smallest absolute Gasteiger partial charge is 0.210 e. The SMILES string of the molecule is CCCCC1=C(c2cc(C)c(C)c(C)c2)[N+](=[N-])C(c2cc(C)c(C)c(C)c2)=C1.[Pd]. The van der Waals surface area contributed by atoms with Gasteiger partial charge in [-0.2, -0.15) is 0 Å². The van der Waals surface area contributed by atoms with Gasteiger partial charge in [0, 0.05) is 43.2 Å². The summed E-state index contributed by atoms with van der Waals surface area (Å²) in [6, 6.07) is 8.78. The zero-order valence-electron chi connectivity index (χ0n) is 18.7. The van der Waals surface area contributed by atoms with E-state index in [-0.39, 0.29) is 20.4 Å². The van der Waals surface area contributed by atoms with Crippen LogP contribution in [-0.2, 0) is 20.4 Å². The Morgan fingerprint density at radius 3 is 1.66 bits per heavy atom. The molecule has 0 N–H and O–H groups in total. The van der Waals surface area contributed by atoms with Crippen molar-refractivity contribution in [2.75, 3.05) is 0 Å². The average molecular weight is 479 g/mol. The van der Waals surface area contributed by atoms with Gasteiger partial charge in [-0.05, 0) is 112 Å². The van der Waals surface area contributed by atoms with E-state index < -0.39 is 0 Å². The molecular weight excluding hydrogens is 447 g/mol. The van der Waals surface area contributed by atoms with Crippen molar-refractivity contribution in [2.24, 2.45) is 0 Å². The van der Waals surface area contributed by atoms with Gasteiger partial charge < -0.3 is 5.53 Å². The topological polar surface area (TPSA) is 25.3 Å². The largest absolute Gasteiger partial charge is 0.493 e. The Morgan fingerprint density at radius 1 is 0.759 bits per heavy atom. The zero-order valence-corrected chi connectivity index (χ0v) is 20.3. The van der Waals surface area contributed by atoms with Crippen LogP contribution < -0.4 is 0 Å². The second kappa shape index (κ2) is 9.33. The molecule has 0 saturated heterocycles. The molecule has 0 radical (unpaired) electrons. The predicted octanol–water partition coefficient (Wildman–Crippen LogP) is 7.52. The number of rotatable bonds is 5. The number of hydrogen-bond donors (Lipinski definition) is 0. The second-order valence-corrected chi connectivity index (χ2v) is 8.29. The third-order valence-corrected chi connectivity index (χ3v) is 6.28. The van der Waals surface area contributed by atoms with E-state index in [4.69, 9.17) is 0 Å². The fourth-order valence-corrected chi connectivity index (χ4v) is 3.98. The minimum atomic E-state index is 0. The van der Waals surface area contributed by atoms with Gasteiger partial charge in [0.1, 0.15) is 0 Å². The summed E-state index contributed by atoms with van der Waals surface area (Å²) >= 11 is 0. The summed E-state index contributed by atoms with van der Waals surface area (Å²) in [6.45, 7) is 15.1. The third kappa shape index (κ3) is 4.52. The van der Waals surface area contributed by atoms with Gasteiger partial charge in [0.05, 0.1) is 0 Å². The molecule has 3 heteroatoms. The molecule has 0 amide bonds. The fraction of sp³-hybridized carbons (Fsp3) is 0.385. The summed E-state index contributed by atoms with van der Waals surface area (Å²) in [5, 5.41) is 0. The molecule has 2 nitrogen and oxygen atoms in total. The molecule has 0 fully saturated rings. The van der Waals surface area contributed by atoms with Crippen molar-refractivity contribution in [3.05, 3.63) is 86.0 Å². The Bertz CT molecular complexity index is 979. The van der Waals surface area contributed by atoms with Crippen molar-refractivity contribution < 1.29 is 25.1 Å². The number of aryl methyl sites for hydroxylation is 4. The summed E-state index contributed by atoms with van der Waals surface area (Å²) in [6.07, 6.45) is 5.41. The zero-order chi connectivity index (χ0) is 20.6. The second-order valence-electron chi connectivity index (χ2n) is 8.29. The molecule has 29 heavy (non-hydrogen) atoms. The van der Waals surface area contributed by atoms with Gasteiger partial charge in [0.15, 0.2) is 0 Å². The summed E-state index contributed by atoms with van der Waals surface area (Å²) in [7, 11) is 0. The fourth-order valence-electron chi connectivity index (χ4n) is 3.98. The van der Waals surface area contributed by atoms with E-state index in [1.54, 1.807) is 0 Å². The Labute approximate surface area is 189 Å². The maximum absolute atomic E-state index is 11.2. The van der Waals surface area contributed by atoms with E-state index in [0.29, 0.717) is 0 Å². The molecule has 2 aromatic carbocycles. The van der Waals surface area contributed by atoms with E-state index in [1.165, 1.54) is 43.7 Å². The molecule has 156 valence electrons. The number of benzene rings is 2. The molecule has 0 saturated carbocycles. The molecule has 1 aliphatic rings. The van der Waals surface area contributed by atoms with Crippen LogP contribution in [0.15, 0.2) is 35.9 Å². The summed E-state index contributed by atoms with van der Waals surface area (Å²) in [4.78, 5) is 0. The van der Waals surface area contributed by atoms with Crippen LogP contribution in [0.3, 0.4) is 0 Å². The summed E-state index contributed by atoms with van der Waals surface area (Å²) < 4.78 is 1.41. The Kier molecular flexibility index (Phi) is 7.55. The molecule has 0 atom stereocenters. The number of hydrogen-bond acceptors (Lipinski definition) is 0. The van der Waals surface area contributed by atoms with Crippen molar-refractivity contribution in [3.8, 4) is 0 Å². The van der Waals surface area contributed by atoms with Crippen LogP contribution in [0.25, 0.3) is 16.9 Å². The molecule has 0 spiro atoms.